The first-order chi connectivity index (χ1) is 11.9. The van der Waals surface area contributed by atoms with Crippen molar-refractivity contribution >= 4 is 16.9 Å². The third kappa shape index (κ3) is 3.88. The maximum Gasteiger partial charge on any atom is 0.336 e. The number of aryl methyl sites for hydroxylation is 2. The Morgan fingerprint density at radius 2 is 1.88 bits per heavy atom. The molecule has 0 bridgehead atoms. The van der Waals surface area contributed by atoms with Crippen molar-refractivity contribution in [2.45, 2.75) is 26.9 Å². The van der Waals surface area contributed by atoms with Crippen LogP contribution in [0.1, 0.15) is 22.3 Å². The summed E-state index contributed by atoms with van der Waals surface area (Å²) < 4.78 is 10.4. The Balaban J connectivity index is 1.74. The van der Waals surface area contributed by atoms with Gasteiger partial charge >= 0.3 is 11.6 Å². The average molecular weight is 338 g/mol. The number of esters is 1. The quantitative estimate of drug-likeness (QED) is 0.583. The molecule has 5 nitrogen and oxygen atoms in total. The van der Waals surface area contributed by atoms with E-state index in [2.05, 4.69) is 0 Å². The van der Waals surface area contributed by atoms with Crippen molar-refractivity contribution < 1.29 is 19.1 Å². The summed E-state index contributed by atoms with van der Waals surface area (Å²) in [7, 11) is 0. The second-order valence-corrected chi connectivity index (χ2v) is 6.03. The van der Waals surface area contributed by atoms with Crippen LogP contribution in [0.5, 0.6) is 5.75 Å². The first kappa shape index (κ1) is 16.8. The molecule has 128 valence electrons. The summed E-state index contributed by atoms with van der Waals surface area (Å²) in [4.78, 5) is 23.7. The van der Waals surface area contributed by atoms with Crippen molar-refractivity contribution in [3.63, 3.8) is 0 Å². The molecule has 0 amide bonds. The van der Waals surface area contributed by atoms with Crippen LogP contribution in [0.4, 0.5) is 0 Å². The van der Waals surface area contributed by atoms with Gasteiger partial charge in [-0.05, 0) is 42.7 Å². The SMILES string of the molecule is Cc1ccc(CC(=O)OCc2cc(=O)oc3cc(O)ccc23)cc1C. The summed E-state index contributed by atoms with van der Waals surface area (Å²) in [5.74, 6) is -0.372. The summed E-state index contributed by atoms with van der Waals surface area (Å²) >= 11 is 0. The van der Waals surface area contributed by atoms with E-state index in [1.165, 1.54) is 23.8 Å². The van der Waals surface area contributed by atoms with Crippen LogP contribution in [0.15, 0.2) is 51.7 Å². The van der Waals surface area contributed by atoms with Gasteiger partial charge in [0.2, 0.25) is 0 Å². The Hall–Kier alpha value is -3.08. The Morgan fingerprint density at radius 1 is 1.08 bits per heavy atom. The van der Waals surface area contributed by atoms with Gasteiger partial charge in [-0.3, -0.25) is 4.79 Å². The molecule has 1 heterocycles. The largest absolute Gasteiger partial charge is 0.508 e. The lowest BCUT2D eigenvalue weighted by atomic mass is 10.0. The van der Waals surface area contributed by atoms with Gasteiger partial charge in [-0.1, -0.05) is 18.2 Å². The monoisotopic (exact) mass is 338 g/mol. The van der Waals surface area contributed by atoms with E-state index in [1.54, 1.807) is 6.07 Å². The summed E-state index contributed by atoms with van der Waals surface area (Å²) in [6.45, 7) is 3.98. The fourth-order valence-electron chi connectivity index (χ4n) is 2.63. The molecule has 5 heteroatoms. The second-order valence-electron chi connectivity index (χ2n) is 6.03. The molecule has 25 heavy (non-hydrogen) atoms. The molecular formula is C20H18O5. The van der Waals surface area contributed by atoms with E-state index in [4.69, 9.17) is 9.15 Å². The van der Waals surface area contributed by atoms with Gasteiger partial charge in [-0.25, -0.2) is 4.79 Å². The number of fused-ring (bicyclic) bond motifs is 1. The lowest BCUT2D eigenvalue weighted by Crippen LogP contribution is -2.10. The van der Waals surface area contributed by atoms with E-state index < -0.39 is 5.63 Å². The minimum Gasteiger partial charge on any atom is -0.508 e. The highest BCUT2D eigenvalue weighted by atomic mass is 16.5. The molecule has 0 spiro atoms. The minimum atomic E-state index is -0.557. The number of hydrogen-bond acceptors (Lipinski definition) is 5. The zero-order valence-electron chi connectivity index (χ0n) is 14.0. The fraction of sp³-hybridized carbons (Fsp3) is 0.200. The summed E-state index contributed by atoms with van der Waals surface area (Å²) in [6.07, 6.45) is 0.168. The van der Waals surface area contributed by atoms with E-state index in [9.17, 15) is 14.7 Å². The highest BCUT2D eigenvalue weighted by Gasteiger charge is 2.10. The van der Waals surface area contributed by atoms with E-state index in [1.807, 2.05) is 32.0 Å². The lowest BCUT2D eigenvalue weighted by Gasteiger charge is -2.08. The molecule has 0 saturated carbocycles. The number of phenols is 1. The number of carbonyl (C=O) groups excluding carboxylic acids is 1. The predicted molar refractivity (Wildman–Crippen MR) is 93.6 cm³/mol. The van der Waals surface area contributed by atoms with Gasteiger partial charge in [-0.2, -0.15) is 0 Å². The second kappa shape index (κ2) is 6.81. The molecule has 1 N–H and O–H groups in total. The first-order valence-electron chi connectivity index (χ1n) is 7.90. The third-order valence-corrected chi connectivity index (χ3v) is 4.12. The van der Waals surface area contributed by atoms with Crippen molar-refractivity contribution in [3.05, 3.63) is 75.1 Å². The highest BCUT2D eigenvalue weighted by Crippen LogP contribution is 2.22. The summed E-state index contributed by atoms with van der Waals surface area (Å²) in [5, 5.41) is 10.1. The number of hydrogen-bond donors (Lipinski definition) is 1. The van der Waals surface area contributed by atoms with Crippen LogP contribution < -0.4 is 5.63 Å². The molecule has 0 aliphatic rings. The molecule has 0 atom stereocenters. The number of phenolic OH excluding ortho intramolecular Hbond substituents is 1. The van der Waals surface area contributed by atoms with E-state index in [0.29, 0.717) is 10.9 Å². The van der Waals surface area contributed by atoms with Gasteiger partial charge < -0.3 is 14.3 Å². The fourth-order valence-corrected chi connectivity index (χ4v) is 2.63. The van der Waals surface area contributed by atoms with Crippen LogP contribution >= 0.6 is 0 Å². The lowest BCUT2D eigenvalue weighted by molar-refractivity contribution is -0.144. The Bertz CT molecular complexity index is 1000. The van der Waals surface area contributed by atoms with Crippen molar-refractivity contribution in [1.29, 1.82) is 0 Å². The Labute approximate surface area is 144 Å². The predicted octanol–water partition coefficient (Wildman–Crippen LogP) is 3.40. The molecule has 0 saturated heterocycles. The molecule has 1 aromatic heterocycles. The number of rotatable bonds is 4. The van der Waals surface area contributed by atoms with Gasteiger partial charge in [0.1, 0.15) is 17.9 Å². The minimum absolute atomic E-state index is 0.000430. The normalized spacial score (nSPS) is 10.8. The van der Waals surface area contributed by atoms with Gasteiger partial charge in [-0.15, -0.1) is 0 Å². The van der Waals surface area contributed by atoms with Crippen molar-refractivity contribution in [2.24, 2.45) is 0 Å². The van der Waals surface area contributed by atoms with Crippen LogP contribution in [-0.4, -0.2) is 11.1 Å². The molecule has 3 aromatic rings. The number of aromatic hydroxyl groups is 1. The van der Waals surface area contributed by atoms with Gasteiger partial charge in [0.15, 0.2) is 0 Å². The Morgan fingerprint density at radius 3 is 2.64 bits per heavy atom. The zero-order chi connectivity index (χ0) is 18.0. The van der Waals surface area contributed by atoms with E-state index in [-0.39, 0.29) is 30.3 Å². The highest BCUT2D eigenvalue weighted by molar-refractivity contribution is 5.81. The topological polar surface area (TPSA) is 76.7 Å². The smallest absolute Gasteiger partial charge is 0.336 e. The molecule has 0 unspecified atom stereocenters. The van der Waals surface area contributed by atoms with Crippen LogP contribution in [-0.2, 0) is 22.6 Å². The van der Waals surface area contributed by atoms with Gasteiger partial charge in [0, 0.05) is 23.1 Å². The van der Waals surface area contributed by atoms with E-state index in [0.717, 1.165) is 11.1 Å². The van der Waals surface area contributed by atoms with Crippen molar-refractivity contribution in [2.75, 3.05) is 0 Å². The zero-order valence-corrected chi connectivity index (χ0v) is 14.0. The van der Waals surface area contributed by atoms with Gasteiger partial charge in [0.05, 0.1) is 6.42 Å². The van der Waals surface area contributed by atoms with Gasteiger partial charge in [0.25, 0.3) is 0 Å². The maximum atomic E-state index is 12.1. The average Bonchev–Trinajstić information content (AvgIpc) is 2.55. The molecule has 0 aliphatic carbocycles. The van der Waals surface area contributed by atoms with Crippen LogP contribution in [0.3, 0.4) is 0 Å². The summed E-state index contributed by atoms with van der Waals surface area (Å²) in [5.41, 5.74) is 3.42. The number of benzene rings is 2. The van der Waals surface area contributed by atoms with Crippen LogP contribution in [0.25, 0.3) is 11.0 Å². The first-order valence-corrected chi connectivity index (χ1v) is 7.90. The van der Waals surface area contributed by atoms with Crippen molar-refractivity contribution in [1.82, 2.24) is 0 Å². The molecule has 3 rings (SSSR count). The maximum absolute atomic E-state index is 12.1. The molecule has 0 aliphatic heterocycles. The Kier molecular flexibility index (Phi) is 4.57. The third-order valence-electron chi connectivity index (χ3n) is 4.12. The molecular weight excluding hydrogens is 320 g/mol. The van der Waals surface area contributed by atoms with Crippen LogP contribution in [0, 0.1) is 13.8 Å². The molecule has 2 aromatic carbocycles. The number of ether oxygens (including phenoxy) is 1. The molecule has 0 radical (unpaired) electrons. The standard InChI is InChI=1S/C20H18O5/c1-12-3-4-14(7-13(12)2)8-19(22)24-11-15-9-20(23)25-18-10-16(21)5-6-17(15)18/h3-7,9-10,21H,8,11H2,1-2H3. The van der Waals surface area contributed by atoms with Crippen molar-refractivity contribution in [3.8, 4) is 5.75 Å². The molecule has 0 fully saturated rings. The summed E-state index contributed by atoms with van der Waals surface area (Å²) in [6, 6.07) is 11.6. The number of carbonyl (C=O) groups is 1. The van der Waals surface area contributed by atoms with Crippen LogP contribution in [0.2, 0.25) is 0 Å². The van der Waals surface area contributed by atoms with E-state index >= 15 is 0 Å².